The van der Waals surface area contributed by atoms with E-state index < -0.39 is 0 Å². The molecule has 0 saturated heterocycles. The monoisotopic (exact) mass is 275 g/mol. The normalized spacial score (nSPS) is 11.1. The first-order valence-electron chi connectivity index (χ1n) is 6.72. The van der Waals surface area contributed by atoms with Crippen molar-refractivity contribution in [2.45, 2.75) is 0 Å². The minimum atomic E-state index is 0.847. The molecule has 0 fully saturated rings. The number of hydrogen-bond acceptors (Lipinski definition) is 3. The first-order valence-corrected chi connectivity index (χ1v) is 6.72. The molecule has 4 aromatic rings. The van der Waals surface area contributed by atoms with E-state index in [1.54, 1.807) is 19.5 Å². The molecule has 0 unspecified atom stereocenters. The number of hydrogen-bond donors (Lipinski definition) is 0. The molecule has 4 heteroatoms. The highest BCUT2D eigenvalue weighted by Crippen LogP contribution is 2.36. The zero-order chi connectivity index (χ0) is 14.2. The van der Waals surface area contributed by atoms with Crippen LogP contribution in [0, 0.1) is 0 Å². The van der Waals surface area contributed by atoms with Crippen molar-refractivity contribution in [1.29, 1.82) is 0 Å². The Bertz CT molecular complexity index is 943. The number of pyridine rings is 2. The molecular weight excluding hydrogens is 262 g/mol. The topological polar surface area (TPSA) is 39.4 Å². The van der Waals surface area contributed by atoms with E-state index in [4.69, 9.17) is 4.74 Å². The Balaban J connectivity index is 2.07. The van der Waals surface area contributed by atoms with Gasteiger partial charge in [0.05, 0.1) is 18.1 Å². The van der Waals surface area contributed by atoms with Crippen molar-refractivity contribution in [3.05, 3.63) is 61.1 Å². The number of rotatable bonds is 2. The predicted molar refractivity (Wildman–Crippen MR) is 82.5 cm³/mol. The smallest absolute Gasteiger partial charge is 0.127 e. The van der Waals surface area contributed by atoms with Crippen molar-refractivity contribution < 1.29 is 4.74 Å². The number of benzene rings is 1. The van der Waals surface area contributed by atoms with Crippen LogP contribution in [-0.4, -0.2) is 21.7 Å². The second-order valence-corrected chi connectivity index (χ2v) is 4.83. The number of methoxy groups -OCH3 is 1. The van der Waals surface area contributed by atoms with E-state index in [9.17, 15) is 0 Å². The molecule has 4 rings (SSSR count). The van der Waals surface area contributed by atoms with Gasteiger partial charge in [-0.25, -0.2) is 4.52 Å². The largest absolute Gasteiger partial charge is 0.496 e. The van der Waals surface area contributed by atoms with Gasteiger partial charge in [-0.2, -0.15) is 5.10 Å². The van der Waals surface area contributed by atoms with Gasteiger partial charge in [-0.1, -0.05) is 6.07 Å². The van der Waals surface area contributed by atoms with E-state index in [1.807, 2.05) is 41.0 Å². The first kappa shape index (κ1) is 11.9. The number of ether oxygens (including phenoxy) is 1. The van der Waals surface area contributed by atoms with Gasteiger partial charge in [-0.3, -0.25) is 4.98 Å². The van der Waals surface area contributed by atoms with E-state index in [-0.39, 0.29) is 0 Å². The summed E-state index contributed by atoms with van der Waals surface area (Å²) in [6.07, 6.45) is 5.55. The summed E-state index contributed by atoms with van der Waals surface area (Å²) in [5.41, 5.74) is 4.17. The summed E-state index contributed by atoms with van der Waals surface area (Å²) < 4.78 is 7.40. The highest BCUT2D eigenvalue weighted by atomic mass is 16.5. The average molecular weight is 275 g/mol. The quantitative estimate of drug-likeness (QED) is 0.561. The third-order valence-electron chi connectivity index (χ3n) is 3.66. The van der Waals surface area contributed by atoms with Crippen LogP contribution in [-0.2, 0) is 0 Å². The maximum absolute atomic E-state index is 5.55. The maximum atomic E-state index is 5.55. The van der Waals surface area contributed by atoms with Crippen LogP contribution >= 0.6 is 0 Å². The highest BCUT2D eigenvalue weighted by molar-refractivity contribution is 5.98. The van der Waals surface area contributed by atoms with Crippen LogP contribution < -0.4 is 4.74 Å². The van der Waals surface area contributed by atoms with Gasteiger partial charge < -0.3 is 4.74 Å². The van der Waals surface area contributed by atoms with E-state index >= 15 is 0 Å². The summed E-state index contributed by atoms with van der Waals surface area (Å²) in [6.45, 7) is 0. The average Bonchev–Trinajstić information content (AvgIpc) is 3.01. The van der Waals surface area contributed by atoms with Gasteiger partial charge in [-0.15, -0.1) is 0 Å². The molecule has 0 N–H and O–H groups in total. The van der Waals surface area contributed by atoms with Crippen LogP contribution in [0.2, 0.25) is 0 Å². The summed E-state index contributed by atoms with van der Waals surface area (Å²) in [6, 6.07) is 14.1. The second-order valence-electron chi connectivity index (χ2n) is 4.83. The lowest BCUT2D eigenvalue weighted by Gasteiger charge is -2.12. The Labute approximate surface area is 121 Å². The van der Waals surface area contributed by atoms with Gasteiger partial charge in [0.15, 0.2) is 0 Å². The van der Waals surface area contributed by atoms with Crippen LogP contribution in [0.5, 0.6) is 5.75 Å². The Hall–Kier alpha value is -2.88. The van der Waals surface area contributed by atoms with E-state index in [1.165, 1.54) is 0 Å². The maximum Gasteiger partial charge on any atom is 0.127 e. The van der Waals surface area contributed by atoms with E-state index in [0.717, 1.165) is 33.3 Å². The molecule has 4 nitrogen and oxygen atoms in total. The molecule has 0 bridgehead atoms. The molecule has 0 saturated carbocycles. The van der Waals surface area contributed by atoms with E-state index in [0.29, 0.717) is 0 Å². The summed E-state index contributed by atoms with van der Waals surface area (Å²) in [5.74, 6) is 0.847. The minimum Gasteiger partial charge on any atom is -0.496 e. The van der Waals surface area contributed by atoms with E-state index in [2.05, 4.69) is 22.2 Å². The molecule has 0 aliphatic rings. The number of aromatic nitrogens is 3. The fourth-order valence-corrected chi connectivity index (χ4v) is 2.68. The fourth-order valence-electron chi connectivity index (χ4n) is 2.68. The third kappa shape index (κ3) is 1.84. The highest BCUT2D eigenvalue weighted by Gasteiger charge is 2.11. The molecule has 0 amide bonds. The second kappa shape index (κ2) is 4.59. The lowest BCUT2D eigenvalue weighted by Crippen LogP contribution is -1.92. The third-order valence-corrected chi connectivity index (χ3v) is 3.66. The first-order chi connectivity index (χ1) is 10.4. The van der Waals surface area contributed by atoms with Gasteiger partial charge >= 0.3 is 0 Å². The van der Waals surface area contributed by atoms with Crippen molar-refractivity contribution in [2.24, 2.45) is 0 Å². The lowest BCUT2D eigenvalue weighted by atomic mass is 10.00. The van der Waals surface area contributed by atoms with Gasteiger partial charge in [0.1, 0.15) is 5.75 Å². The van der Waals surface area contributed by atoms with Crippen molar-refractivity contribution in [1.82, 2.24) is 14.6 Å². The molecule has 0 radical (unpaired) electrons. The molecule has 102 valence electrons. The van der Waals surface area contributed by atoms with Crippen LogP contribution in [0.25, 0.3) is 27.5 Å². The Kier molecular flexibility index (Phi) is 2.60. The van der Waals surface area contributed by atoms with Gasteiger partial charge in [0.25, 0.3) is 0 Å². The summed E-state index contributed by atoms with van der Waals surface area (Å²) in [4.78, 5) is 4.42. The minimum absolute atomic E-state index is 0.847. The SMILES string of the molecule is COc1ccc2ncccc2c1-c1ccn2nccc2c1. The van der Waals surface area contributed by atoms with Crippen molar-refractivity contribution in [3.8, 4) is 16.9 Å². The Morgan fingerprint density at radius 3 is 2.90 bits per heavy atom. The zero-order valence-electron chi connectivity index (χ0n) is 11.5. The molecule has 21 heavy (non-hydrogen) atoms. The summed E-state index contributed by atoms with van der Waals surface area (Å²) in [5, 5.41) is 5.32. The number of fused-ring (bicyclic) bond motifs is 2. The molecule has 1 aromatic carbocycles. The van der Waals surface area contributed by atoms with Crippen LogP contribution in [0.1, 0.15) is 0 Å². The number of nitrogens with zero attached hydrogens (tertiary/aromatic N) is 3. The lowest BCUT2D eigenvalue weighted by molar-refractivity contribution is 0.417. The molecule has 0 aliphatic heterocycles. The predicted octanol–water partition coefficient (Wildman–Crippen LogP) is 3.56. The van der Waals surface area contributed by atoms with Gasteiger partial charge in [0.2, 0.25) is 0 Å². The van der Waals surface area contributed by atoms with Crippen molar-refractivity contribution >= 4 is 16.4 Å². The molecule has 0 aliphatic carbocycles. The molecule has 0 atom stereocenters. The standard InChI is InChI=1S/C17H13N3O/c1-21-16-5-4-15-14(3-2-8-18-15)17(16)12-7-10-20-13(11-12)6-9-19-20/h2-11H,1H3. The van der Waals surface area contributed by atoms with Crippen LogP contribution in [0.3, 0.4) is 0 Å². The van der Waals surface area contributed by atoms with Crippen LogP contribution in [0.4, 0.5) is 0 Å². The Morgan fingerprint density at radius 1 is 1.05 bits per heavy atom. The fraction of sp³-hybridized carbons (Fsp3) is 0.0588. The Morgan fingerprint density at radius 2 is 2.00 bits per heavy atom. The summed E-state index contributed by atoms with van der Waals surface area (Å²) in [7, 11) is 1.69. The van der Waals surface area contributed by atoms with Crippen LogP contribution in [0.15, 0.2) is 61.1 Å². The molecular formula is C17H13N3O. The molecule has 0 spiro atoms. The van der Waals surface area contributed by atoms with Crippen molar-refractivity contribution in [3.63, 3.8) is 0 Å². The molecule has 3 aromatic heterocycles. The van der Waals surface area contributed by atoms with Gasteiger partial charge in [0, 0.05) is 29.5 Å². The summed E-state index contributed by atoms with van der Waals surface area (Å²) >= 11 is 0. The zero-order valence-corrected chi connectivity index (χ0v) is 11.5. The van der Waals surface area contributed by atoms with Gasteiger partial charge in [-0.05, 0) is 42.0 Å². The molecule has 3 heterocycles. The van der Waals surface area contributed by atoms with Crippen molar-refractivity contribution in [2.75, 3.05) is 7.11 Å².